The highest BCUT2D eigenvalue weighted by Gasteiger charge is 2.08. The molecule has 1 rings (SSSR count). The molecular formula is C11H16O3. The van der Waals surface area contributed by atoms with Crippen LogP contribution in [0.4, 0.5) is 0 Å². The highest BCUT2D eigenvalue weighted by atomic mass is 16.5. The van der Waals surface area contributed by atoms with Gasteiger partial charge in [0.25, 0.3) is 0 Å². The molecule has 0 radical (unpaired) electrons. The van der Waals surface area contributed by atoms with Crippen LogP contribution in [0.5, 0.6) is 11.5 Å². The van der Waals surface area contributed by atoms with Gasteiger partial charge >= 0.3 is 0 Å². The fraction of sp³-hybridized carbons (Fsp3) is 0.455. The molecule has 0 spiro atoms. The molecule has 1 aromatic carbocycles. The van der Waals surface area contributed by atoms with Crippen LogP contribution in [0.3, 0.4) is 0 Å². The highest BCUT2D eigenvalue weighted by molar-refractivity contribution is 5.47. The third-order valence-corrected chi connectivity index (χ3v) is 2.08. The predicted octanol–water partition coefficient (Wildman–Crippen LogP) is 1.63. The molecule has 78 valence electrons. The predicted molar refractivity (Wildman–Crippen MR) is 54.8 cm³/mol. The summed E-state index contributed by atoms with van der Waals surface area (Å²) in [4.78, 5) is 0. The molecule has 0 aliphatic carbocycles. The zero-order valence-electron chi connectivity index (χ0n) is 8.74. The number of aliphatic hydroxyl groups is 1. The molecule has 0 saturated heterocycles. The van der Waals surface area contributed by atoms with E-state index in [1.54, 1.807) is 13.0 Å². The summed E-state index contributed by atoms with van der Waals surface area (Å²) < 4.78 is 5.02. The van der Waals surface area contributed by atoms with Crippen LogP contribution in [0.2, 0.25) is 0 Å². The maximum Gasteiger partial charge on any atom is 0.161 e. The van der Waals surface area contributed by atoms with Gasteiger partial charge in [-0.2, -0.15) is 0 Å². The second-order valence-corrected chi connectivity index (χ2v) is 3.52. The smallest absolute Gasteiger partial charge is 0.161 e. The SMILES string of the molecule is COc1cc(CC(C)O)cc(C)c1O. The van der Waals surface area contributed by atoms with Crippen LogP contribution in [-0.4, -0.2) is 23.4 Å². The molecule has 0 aromatic heterocycles. The van der Waals surface area contributed by atoms with Crippen LogP contribution < -0.4 is 4.74 Å². The molecule has 0 bridgehead atoms. The topological polar surface area (TPSA) is 49.7 Å². The number of phenolic OH excluding ortho intramolecular Hbond substituents is 1. The van der Waals surface area contributed by atoms with E-state index in [-0.39, 0.29) is 11.9 Å². The van der Waals surface area contributed by atoms with E-state index in [9.17, 15) is 10.2 Å². The Labute approximate surface area is 84.0 Å². The molecular weight excluding hydrogens is 180 g/mol. The number of rotatable bonds is 3. The van der Waals surface area contributed by atoms with Gasteiger partial charge in [0, 0.05) is 0 Å². The Morgan fingerprint density at radius 1 is 1.43 bits per heavy atom. The minimum atomic E-state index is -0.386. The first-order valence-electron chi connectivity index (χ1n) is 4.59. The Balaban J connectivity index is 3.03. The van der Waals surface area contributed by atoms with Crippen LogP contribution in [0.1, 0.15) is 18.1 Å². The Hall–Kier alpha value is -1.22. The number of benzene rings is 1. The Kier molecular flexibility index (Phi) is 3.36. The molecule has 3 heteroatoms. The van der Waals surface area contributed by atoms with E-state index in [4.69, 9.17) is 4.74 Å². The second-order valence-electron chi connectivity index (χ2n) is 3.52. The molecule has 0 saturated carbocycles. The standard InChI is InChI=1S/C11H16O3/c1-7-4-9(5-8(2)12)6-10(14-3)11(7)13/h4,6,8,12-13H,5H2,1-3H3. The monoisotopic (exact) mass is 196 g/mol. The van der Waals surface area contributed by atoms with Crippen LogP contribution in [0, 0.1) is 6.92 Å². The lowest BCUT2D eigenvalue weighted by Gasteiger charge is -2.10. The van der Waals surface area contributed by atoms with Crippen molar-refractivity contribution in [3.63, 3.8) is 0 Å². The molecule has 0 heterocycles. The largest absolute Gasteiger partial charge is 0.504 e. The van der Waals surface area contributed by atoms with Gasteiger partial charge in [-0.3, -0.25) is 0 Å². The van der Waals surface area contributed by atoms with E-state index >= 15 is 0 Å². The van der Waals surface area contributed by atoms with E-state index in [0.717, 1.165) is 11.1 Å². The number of hydrogen-bond donors (Lipinski definition) is 2. The average Bonchev–Trinajstić information content (AvgIpc) is 2.10. The van der Waals surface area contributed by atoms with Crippen molar-refractivity contribution in [1.82, 2.24) is 0 Å². The lowest BCUT2D eigenvalue weighted by atomic mass is 10.0. The normalized spacial score (nSPS) is 12.6. The first kappa shape index (κ1) is 10.9. The minimum absolute atomic E-state index is 0.168. The quantitative estimate of drug-likeness (QED) is 0.772. The number of hydrogen-bond acceptors (Lipinski definition) is 3. The number of phenols is 1. The van der Waals surface area contributed by atoms with Crippen molar-refractivity contribution in [1.29, 1.82) is 0 Å². The third-order valence-electron chi connectivity index (χ3n) is 2.08. The number of methoxy groups -OCH3 is 1. The maximum atomic E-state index is 9.57. The van der Waals surface area contributed by atoms with Gasteiger partial charge in [0.15, 0.2) is 11.5 Å². The summed E-state index contributed by atoms with van der Waals surface area (Å²) in [7, 11) is 1.51. The molecule has 14 heavy (non-hydrogen) atoms. The number of aromatic hydroxyl groups is 1. The lowest BCUT2D eigenvalue weighted by Crippen LogP contribution is -2.04. The molecule has 1 aromatic rings. The van der Waals surface area contributed by atoms with Crippen molar-refractivity contribution in [2.24, 2.45) is 0 Å². The minimum Gasteiger partial charge on any atom is -0.504 e. The summed E-state index contributed by atoms with van der Waals surface area (Å²) >= 11 is 0. The summed E-state index contributed by atoms with van der Waals surface area (Å²) in [6, 6.07) is 3.60. The summed E-state index contributed by atoms with van der Waals surface area (Å²) in [5.41, 5.74) is 1.73. The van der Waals surface area contributed by atoms with Gasteiger partial charge < -0.3 is 14.9 Å². The van der Waals surface area contributed by atoms with Gasteiger partial charge in [-0.25, -0.2) is 0 Å². The molecule has 2 N–H and O–H groups in total. The molecule has 0 aliphatic heterocycles. The van der Waals surface area contributed by atoms with Crippen molar-refractivity contribution in [3.05, 3.63) is 23.3 Å². The van der Waals surface area contributed by atoms with Crippen molar-refractivity contribution in [2.45, 2.75) is 26.4 Å². The third kappa shape index (κ3) is 2.39. The summed E-state index contributed by atoms with van der Waals surface area (Å²) in [6.45, 7) is 3.54. The van der Waals surface area contributed by atoms with Gasteiger partial charge in [0.2, 0.25) is 0 Å². The van der Waals surface area contributed by atoms with E-state index in [0.29, 0.717) is 12.2 Å². The Morgan fingerprint density at radius 2 is 2.07 bits per heavy atom. The molecule has 1 atom stereocenters. The summed E-state index contributed by atoms with van der Waals surface area (Å²) in [6.07, 6.45) is 0.181. The number of ether oxygens (including phenoxy) is 1. The van der Waals surface area contributed by atoms with Crippen LogP contribution in [0.25, 0.3) is 0 Å². The molecule has 1 unspecified atom stereocenters. The van der Waals surface area contributed by atoms with Crippen molar-refractivity contribution in [2.75, 3.05) is 7.11 Å². The van der Waals surface area contributed by atoms with Crippen molar-refractivity contribution < 1.29 is 14.9 Å². The lowest BCUT2D eigenvalue weighted by molar-refractivity contribution is 0.195. The molecule has 3 nitrogen and oxygen atoms in total. The maximum absolute atomic E-state index is 9.57. The first-order chi connectivity index (χ1) is 6.54. The fourth-order valence-corrected chi connectivity index (χ4v) is 1.43. The van der Waals surface area contributed by atoms with Crippen LogP contribution in [0.15, 0.2) is 12.1 Å². The van der Waals surface area contributed by atoms with Crippen LogP contribution in [-0.2, 0) is 6.42 Å². The van der Waals surface area contributed by atoms with Gasteiger partial charge in [-0.15, -0.1) is 0 Å². The molecule has 0 amide bonds. The Morgan fingerprint density at radius 3 is 2.57 bits per heavy atom. The highest BCUT2D eigenvalue weighted by Crippen LogP contribution is 2.31. The Bertz CT molecular complexity index is 319. The summed E-state index contributed by atoms with van der Waals surface area (Å²) in [5, 5.41) is 18.8. The zero-order valence-corrected chi connectivity index (χ0v) is 8.74. The number of aliphatic hydroxyl groups excluding tert-OH is 1. The van der Waals surface area contributed by atoms with Gasteiger partial charge in [0.05, 0.1) is 13.2 Å². The van der Waals surface area contributed by atoms with Crippen molar-refractivity contribution in [3.8, 4) is 11.5 Å². The van der Waals surface area contributed by atoms with Crippen molar-refractivity contribution >= 4 is 0 Å². The van der Waals surface area contributed by atoms with E-state index in [2.05, 4.69) is 0 Å². The summed E-state index contributed by atoms with van der Waals surface area (Å²) in [5.74, 6) is 0.627. The second kappa shape index (κ2) is 4.33. The molecule has 0 fully saturated rings. The fourth-order valence-electron chi connectivity index (χ4n) is 1.43. The van der Waals surface area contributed by atoms with E-state index < -0.39 is 0 Å². The van der Waals surface area contributed by atoms with Gasteiger partial charge in [-0.1, -0.05) is 6.07 Å². The van der Waals surface area contributed by atoms with E-state index in [1.165, 1.54) is 7.11 Å². The van der Waals surface area contributed by atoms with Gasteiger partial charge in [-0.05, 0) is 37.5 Å². The van der Waals surface area contributed by atoms with Gasteiger partial charge in [0.1, 0.15) is 0 Å². The molecule has 0 aliphatic rings. The van der Waals surface area contributed by atoms with E-state index in [1.807, 2.05) is 13.0 Å². The average molecular weight is 196 g/mol. The van der Waals surface area contributed by atoms with Crippen LogP contribution >= 0.6 is 0 Å². The first-order valence-corrected chi connectivity index (χ1v) is 4.59. The zero-order chi connectivity index (χ0) is 10.7. The number of aryl methyl sites for hydroxylation is 1.